The first-order valence-corrected chi connectivity index (χ1v) is 6.23. The molecule has 0 aromatic heterocycles. The number of nitrogens with zero attached hydrogens (tertiary/aromatic N) is 1. The van der Waals surface area contributed by atoms with Crippen molar-refractivity contribution in [1.29, 1.82) is 0 Å². The standard InChI is InChI=1S/C12H22N2O2.ClH/c1-16-8-7-14-10-12(5-3-11(14)15)4-2-6-13-9-12;/h13H,2-10H2,1H3;1H. The molecule has 2 aliphatic heterocycles. The van der Waals surface area contributed by atoms with Gasteiger partial charge in [-0.2, -0.15) is 0 Å². The lowest BCUT2D eigenvalue weighted by Crippen LogP contribution is -2.53. The summed E-state index contributed by atoms with van der Waals surface area (Å²) in [6.45, 7) is 4.52. The van der Waals surface area contributed by atoms with Crippen LogP contribution in [0.2, 0.25) is 0 Å². The summed E-state index contributed by atoms with van der Waals surface area (Å²) in [6.07, 6.45) is 4.27. The third-order valence-corrected chi connectivity index (χ3v) is 3.87. The fraction of sp³-hybridized carbons (Fsp3) is 0.917. The number of carbonyl (C=O) groups excluding carboxylic acids is 1. The first-order chi connectivity index (χ1) is 7.76. The average molecular weight is 263 g/mol. The minimum Gasteiger partial charge on any atom is -0.383 e. The maximum absolute atomic E-state index is 11.8. The van der Waals surface area contributed by atoms with Crippen LogP contribution in [0, 0.1) is 5.41 Å². The Balaban J connectivity index is 0.00000144. The van der Waals surface area contributed by atoms with Gasteiger partial charge in [0.05, 0.1) is 6.61 Å². The van der Waals surface area contributed by atoms with E-state index in [2.05, 4.69) is 5.32 Å². The van der Waals surface area contributed by atoms with Crippen LogP contribution in [0.5, 0.6) is 0 Å². The minimum absolute atomic E-state index is 0. The van der Waals surface area contributed by atoms with Crippen molar-refractivity contribution in [2.45, 2.75) is 25.7 Å². The van der Waals surface area contributed by atoms with Crippen molar-refractivity contribution in [2.75, 3.05) is 39.9 Å². The molecular formula is C12H23ClN2O2. The van der Waals surface area contributed by atoms with Crippen LogP contribution in [0.15, 0.2) is 0 Å². The molecule has 100 valence electrons. The third-order valence-electron chi connectivity index (χ3n) is 3.87. The van der Waals surface area contributed by atoms with Crippen LogP contribution in [0.1, 0.15) is 25.7 Å². The van der Waals surface area contributed by atoms with Crippen LogP contribution < -0.4 is 5.32 Å². The molecule has 0 saturated carbocycles. The van der Waals surface area contributed by atoms with Gasteiger partial charge in [-0.15, -0.1) is 12.4 Å². The van der Waals surface area contributed by atoms with E-state index in [1.54, 1.807) is 7.11 Å². The predicted octanol–water partition coefficient (Wildman–Crippen LogP) is 1.05. The highest BCUT2D eigenvalue weighted by molar-refractivity contribution is 5.85. The second-order valence-corrected chi connectivity index (χ2v) is 5.09. The van der Waals surface area contributed by atoms with Gasteiger partial charge in [0, 0.05) is 38.6 Å². The Bertz CT molecular complexity index is 255. The molecule has 2 aliphatic rings. The Morgan fingerprint density at radius 3 is 2.94 bits per heavy atom. The van der Waals surface area contributed by atoms with E-state index in [1.165, 1.54) is 12.8 Å². The highest BCUT2D eigenvalue weighted by Gasteiger charge is 2.39. The zero-order valence-corrected chi connectivity index (χ0v) is 11.4. The van der Waals surface area contributed by atoms with Gasteiger partial charge < -0.3 is 15.0 Å². The molecule has 2 saturated heterocycles. The van der Waals surface area contributed by atoms with Gasteiger partial charge in [0.15, 0.2) is 0 Å². The molecule has 0 aliphatic carbocycles. The summed E-state index contributed by atoms with van der Waals surface area (Å²) in [4.78, 5) is 13.8. The lowest BCUT2D eigenvalue weighted by atomic mass is 9.74. The van der Waals surface area contributed by atoms with Gasteiger partial charge in [0.25, 0.3) is 0 Å². The number of ether oxygens (including phenoxy) is 1. The molecule has 1 unspecified atom stereocenters. The van der Waals surface area contributed by atoms with Gasteiger partial charge in [-0.25, -0.2) is 0 Å². The van der Waals surface area contributed by atoms with Crippen LogP contribution >= 0.6 is 12.4 Å². The number of amides is 1. The Hall–Kier alpha value is -0.320. The number of carbonyl (C=O) groups is 1. The lowest BCUT2D eigenvalue weighted by molar-refractivity contribution is -0.138. The summed E-state index contributed by atoms with van der Waals surface area (Å²) in [5.74, 6) is 0.299. The second-order valence-electron chi connectivity index (χ2n) is 5.09. The van der Waals surface area contributed by atoms with E-state index in [0.29, 0.717) is 24.3 Å². The van der Waals surface area contributed by atoms with E-state index in [0.717, 1.165) is 32.6 Å². The highest BCUT2D eigenvalue weighted by atomic mass is 35.5. The van der Waals surface area contributed by atoms with Crippen LogP contribution in [0.4, 0.5) is 0 Å². The smallest absolute Gasteiger partial charge is 0.222 e. The molecule has 5 heteroatoms. The van der Waals surface area contributed by atoms with Crippen LogP contribution in [-0.4, -0.2) is 50.7 Å². The van der Waals surface area contributed by atoms with Gasteiger partial charge in [0.2, 0.25) is 5.91 Å². The molecule has 1 spiro atoms. The molecule has 1 atom stereocenters. The summed E-state index contributed by atoms with van der Waals surface area (Å²) < 4.78 is 5.06. The topological polar surface area (TPSA) is 41.6 Å². The number of rotatable bonds is 3. The lowest BCUT2D eigenvalue weighted by Gasteiger charge is -2.45. The number of methoxy groups -OCH3 is 1. The second kappa shape index (κ2) is 6.57. The molecule has 1 N–H and O–H groups in total. The minimum atomic E-state index is 0. The molecule has 0 radical (unpaired) electrons. The van der Waals surface area contributed by atoms with Crippen LogP contribution in [0.25, 0.3) is 0 Å². The summed E-state index contributed by atoms with van der Waals surface area (Å²) in [5, 5.41) is 3.47. The Morgan fingerprint density at radius 2 is 2.29 bits per heavy atom. The average Bonchev–Trinajstić information content (AvgIpc) is 2.32. The number of halogens is 1. The maximum atomic E-state index is 11.8. The number of hydrogen-bond acceptors (Lipinski definition) is 3. The molecule has 0 aromatic carbocycles. The van der Waals surface area contributed by atoms with Gasteiger partial charge in [-0.1, -0.05) is 0 Å². The van der Waals surface area contributed by atoms with Gasteiger partial charge >= 0.3 is 0 Å². The van der Waals surface area contributed by atoms with Crippen molar-refractivity contribution < 1.29 is 9.53 Å². The monoisotopic (exact) mass is 262 g/mol. The van der Waals surface area contributed by atoms with E-state index < -0.39 is 0 Å². The highest BCUT2D eigenvalue weighted by Crippen LogP contribution is 2.36. The molecule has 2 heterocycles. The Kier molecular flexibility index (Phi) is 5.70. The van der Waals surface area contributed by atoms with Gasteiger partial charge in [-0.3, -0.25) is 4.79 Å². The molecule has 17 heavy (non-hydrogen) atoms. The molecular weight excluding hydrogens is 240 g/mol. The van der Waals surface area contributed by atoms with Gasteiger partial charge in [0.1, 0.15) is 0 Å². The maximum Gasteiger partial charge on any atom is 0.222 e. The number of likely N-dealkylation sites (tertiary alicyclic amines) is 1. The Labute approximate surface area is 109 Å². The zero-order valence-electron chi connectivity index (χ0n) is 10.5. The predicted molar refractivity (Wildman–Crippen MR) is 69.5 cm³/mol. The molecule has 2 rings (SSSR count). The van der Waals surface area contributed by atoms with Crippen molar-refractivity contribution in [1.82, 2.24) is 10.2 Å². The molecule has 1 amide bonds. The summed E-state index contributed by atoms with van der Waals surface area (Å²) in [7, 11) is 1.69. The van der Waals surface area contributed by atoms with E-state index in [4.69, 9.17) is 4.74 Å². The molecule has 4 nitrogen and oxygen atoms in total. The van der Waals surface area contributed by atoms with Crippen molar-refractivity contribution in [2.24, 2.45) is 5.41 Å². The van der Waals surface area contributed by atoms with E-state index in [1.807, 2.05) is 4.90 Å². The largest absolute Gasteiger partial charge is 0.383 e. The van der Waals surface area contributed by atoms with Crippen LogP contribution in [-0.2, 0) is 9.53 Å². The van der Waals surface area contributed by atoms with E-state index in [-0.39, 0.29) is 12.4 Å². The fourth-order valence-electron chi connectivity index (χ4n) is 2.89. The SMILES string of the molecule is COCCN1CC2(CCCNC2)CCC1=O.Cl. The zero-order chi connectivity index (χ0) is 11.4. The van der Waals surface area contributed by atoms with Crippen molar-refractivity contribution in [3.05, 3.63) is 0 Å². The normalized spacial score (nSPS) is 29.2. The van der Waals surface area contributed by atoms with E-state index >= 15 is 0 Å². The fourth-order valence-corrected chi connectivity index (χ4v) is 2.89. The number of nitrogens with one attached hydrogen (secondary N) is 1. The third kappa shape index (κ3) is 3.57. The molecule has 0 aromatic rings. The first-order valence-electron chi connectivity index (χ1n) is 6.23. The summed E-state index contributed by atoms with van der Waals surface area (Å²) in [6, 6.07) is 0. The number of piperidine rings is 2. The van der Waals surface area contributed by atoms with Crippen molar-refractivity contribution in [3.63, 3.8) is 0 Å². The van der Waals surface area contributed by atoms with Gasteiger partial charge in [-0.05, 0) is 25.8 Å². The summed E-state index contributed by atoms with van der Waals surface area (Å²) >= 11 is 0. The quantitative estimate of drug-likeness (QED) is 0.827. The number of hydrogen-bond donors (Lipinski definition) is 1. The van der Waals surface area contributed by atoms with E-state index in [9.17, 15) is 4.79 Å². The first kappa shape index (κ1) is 14.7. The van der Waals surface area contributed by atoms with Crippen molar-refractivity contribution >= 4 is 18.3 Å². The van der Waals surface area contributed by atoms with Crippen molar-refractivity contribution in [3.8, 4) is 0 Å². The Morgan fingerprint density at radius 1 is 1.47 bits per heavy atom. The molecule has 0 bridgehead atoms. The molecule has 2 fully saturated rings. The van der Waals surface area contributed by atoms with Crippen LogP contribution in [0.3, 0.4) is 0 Å². The summed E-state index contributed by atoms with van der Waals surface area (Å²) in [5.41, 5.74) is 0.347.